The van der Waals surface area contributed by atoms with E-state index in [0.717, 1.165) is 6.20 Å². The summed E-state index contributed by atoms with van der Waals surface area (Å²) < 4.78 is 0. The van der Waals surface area contributed by atoms with Crippen molar-refractivity contribution >= 4 is 11.7 Å². The number of nitrogens with two attached hydrogens (primary N) is 1. The number of nitrogens with one attached hydrogen (secondary N) is 1. The van der Waals surface area contributed by atoms with Crippen LogP contribution in [0.1, 0.15) is 15.9 Å². The number of pyridine rings is 1. The molecule has 1 heterocycles. The van der Waals surface area contributed by atoms with E-state index in [1.807, 2.05) is 0 Å². The van der Waals surface area contributed by atoms with Crippen molar-refractivity contribution in [2.45, 2.75) is 0 Å². The van der Waals surface area contributed by atoms with Gasteiger partial charge in [-0.1, -0.05) is 0 Å². The third-order valence-electron chi connectivity index (χ3n) is 1.45. The van der Waals surface area contributed by atoms with Crippen LogP contribution in [-0.4, -0.2) is 16.1 Å². The van der Waals surface area contributed by atoms with Crippen molar-refractivity contribution < 1.29 is 9.90 Å². The zero-order chi connectivity index (χ0) is 10.0. The van der Waals surface area contributed by atoms with E-state index in [1.54, 1.807) is 0 Å². The van der Waals surface area contributed by atoms with Crippen molar-refractivity contribution in [3.8, 4) is 6.07 Å². The molecule has 0 bridgehead atoms. The smallest absolute Gasteiger partial charge is 0.339 e. The Hall–Kier alpha value is -2.29. The van der Waals surface area contributed by atoms with Gasteiger partial charge in [0.2, 0.25) is 0 Å². The summed E-state index contributed by atoms with van der Waals surface area (Å²) in [5, 5.41) is 17.1. The minimum atomic E-state index is -1.39. The zero-order valence-corrected chi connectivity index (χ0v) is 6.37. The second-order valence-electron chi connectivity index (χ2n) is 2.24. The Bertz CT molecular complexity index is 455. The number of H-pyrrole nitrogens is 1. The molecule has 0 aliphatic carbocycles. The Labute approximate surface area is 72.2 Å². The first-order valence-corrected chi connectivity index (χ1v) is 3.22. The van der Waals surface area contributed by atoms with Crippen molar-refractivity contribution in [3.63, 3.8) is 0 Å². The molecule has 6 heteroatoms. The molecule has 0 amide bonds. The fourth-order valence-corrected chi connectivity index (χ4v) is 0.883. The highest BCUT2D eigenvalue weighted by atomic mass is 16.4. The van der Waals surface area contributed by atoms with Gasteiger partial charge in [-0.3, -0.25) is 4.79 Å². The Morgan fingerprint density at radius 3 is 2.69 bits per heavy atom. The van der Waals surface area contributed by atoms with E-state index in [-0.39, 0.29) is 5.69 Å². The van der Waals surface area contributed by atoms with E-state index in [4.69, 9.17) is 16.1 Å². The molecule has 0 fully saturated rings. The molecule has 0 radical (unpaired) electrons. The van der Waals surface area contributed by atoms with Gasteiger partial charge in [0.15, 0.2) is 0 Å². The van der Waals surface area contributed by atoms with Gasteiger partial charge in [0, 0.05) is 6.20 Å². The van der Waals surface area contributed by atoms with E-state index in [2.05, 4.69) is 4.98 Å². The lowest BCUT2D eigenvalue weighted by Crippen LogP contribution is -2.17. The van der Waals surface area contributed by atoms with E-state index in [0.29, 0.717) is 0 Å². The molecule has 66 valence electrons. The van der Waals surface area contributed by atoms with Gasteiger partial charge in [-0.2, -0.15) is 5.26 Å². The second-order valence-corrected chi connectivity index (χ2v) is 2.24. The molecule has 0 saturated carbocycles. The average Bonchev–Trinajstić information content (AvgIpc) is 2.07. The number of aromatic carboxylic acids is 1. The number of carboxylic acid groups (broad SMARTS) is 1. The first kappa shape index (κ1) is 8.80. The summed E-state index contributed by atoms with van der Waals surface area (Å²) in [4.78, 5) is 23.6. The first-order chi connectivity index (χ1) is 6.07. The molecule has 1 aromatic rings. The number of nitrogens with zero attached hydrogens (tertiary/aromatic N) is 1. The van der Waals surface area contributed by atoms with Gasteiger partial charge < -0.3 is 15.8 Å². The lowest BCUT2D eigenvalue weighted by molar-refractivity contribution is 0.0697. The summed E-state index contributed by atoms with van der Waals surface area (Å²) in [7, 11) is 0. The van der Waals surface area contributed by atoms with Crippen molar-refractivity contribution in [2.24, 2.45) is 0 Å². The number of nitriles is 1. The number of aromatic amines is 1. The monoisotopic (exact) mass is 179 g/mol. The Morgan fingerprint density at radius 1 is 1.69 bits per heavy atom. The summed E-state index contributed by atoms with van der Waals surface area (Å²) in [6.07, 6.45) is 1.05. The molecule has 1 rings (SSSR count). The molecule has 4 N–H and O–H groups in total. The molecular weight excluding hydrogens is 174 g/mol. The molecule has 0 atom stereocenters. The Morgan fingerprint density at radius 2 is 2.31 bits per heavy atom. The maximum absolute atomic E-state index is 10.9. The average molecular weight is 179 g/mol. The minimum absolute atomic E-state index is 0.136. The quantitative estimate of drug-likeness (QED) is 0.538. The van der Waals surface area contributed by atoms with Crippen molar-refractivity contribution in [1.29, 1.82) is 5.26 Å². The molecule has 0 aliphatic heterocycles. The topological polar surface area (TPSA) is 120 Å². The fourth-order valence-electron chi connectivity index (χ4n) is 0.883. The maximum Gasteiger partial charge on any atom is 0.339 e. The molecular formula is C7H5N3O3. The van der Waals surface area contributed by atoms with Gasteiger partial charge in [0.25, 0.3) is 5.56 Å². The van der Waals surface area contributed by atoms with Crippen LogP contribution in [0.15, 0.2) is 11.0 Å². The maximum atomic E-state index is 10.9. The SMILES string of the molecule is N#Cc1c(C(=O)O)c(N)c[nH]c1=O. The summed E-state index contributed by atoms with van der Waals surface area (Å²) in [5.41, 5.74) is 3.44. The van der Waals surface area contributed by atoms with Crippen molar-refractivity contribution in [1.82, 2.24) is 4.98 Å². The van der Waals surface area contributed by atoms with E-state index >= 15 is 0 Å². The highest BCUT2D eigenvalue weighted by Crippen LogP contribution is 2.10. The van der Waals surface area contributed by atoms with Gasteiger partial charge in [-0.15, -0.1) is 0 Å². The van der Waals surface area contributed by atoms with Crippen LogP contribution in [0.3, 0.4) is 0 Å². The molecule has 0 aromatic carbocycles. The van der Waals surface area contributed by atoms with Crippen molar-refractivity contribution in [2.75, 3.05) is 5.73 Å². The lowest BCUT2D eigenvalue weighted by Gasteiger charge is -2.00. The summed E-state index contributed by atoms with van der Waals surface area (Å²) in [5.74, 6) is -1.39. The van der Waals surface area contributed by atoms with Gasteiger partial charge in [0.1, 0.15) is 17.2 Å². The number of carboxylic acids is 1. The number of hydrogen-bond donors (Lipinski definition) is 3. The summed E-state index contributed by atoms with van der Waals surface area (Å²) >= 11 is 0. The largest absolute Gasteiger partial charge is 0.478 e. The third-order valence-corrected chi connectivity index (χ3v) is 1.45. The number of carbonyl (C=O) groups is 1. The number of rotatable bonds is 1. The van der Waals surface area contributed by atoms with Crippen LogP contribution in [-0.2, 0) is 0 Å². The Kier molecular flexibility index (Phi) is 2.02. The highest BCUT2D eigenvalue weighted by molar-refractivity contribution is 5.95. The molecule has 6 nitrogen and oxygen atoms in total. The number of anilines is 1. The third kappa shape index (κ3) is 1.35. The van der Waals surface area contributed by atoms with Gasteiger partial charge in [-0.25, -0.2) is 4.79 Å². The summed E-state index contributed by atoms with van der Waals surface area (Å²) in [6.45, 7) is 0. The first-order valence-electron chi connectivity index (χ1n) is 3.22. The number of hydrogen-bond acceptors (Lipinski definition) is 4. The normalized spacial score (nSPS) is 9.15. The molecule has 0 aliphatic rings. The molecule has 13 heavy (non-hydrogen) atoms. The predicted octanol–water partition coefficient (Wildman–Crippen LogP) is -0.473. The molecule has 0 saturated heterocycles. The van der Waals surface area contributed by atoms with Gasteiger partial charge in [0.05, 0.1) is 5.69 Å². The number of nitrogen functional groups attached to an aromatic ring is 1. The van der Waals surface area contributed by atoms with E-state index < -0.39 is 22.7 Å². The summed E-state index contributed by atoms with van der Waals surface area (Å²) in [6, 6.07) is 1.48. The second kappa shape index (κ2) is 2.98. The van der Waals surface area contributed by atoms with Gasteiger partial charge in [-0.05, 0) is 0 Å². The highest BCUT2D eigenvalue weighted by Gasteiger charge is 2.16. The fraction of sp³-hybridized carbons (Fsp3) is 0. The van der Waals surface area contributed by atoms with Crippen LogP contribution in [0.4, 0.5) is 5.69 Å². The lowest BCUT2D eigenvalue weighted by atomic mass is 10.1. The molecule has 0 spiro atoms. The van der Waals surface area contributed by atoms with Gasteiger partial charge >= 0.3 is 5.97 Å². The van der Waals surface area contributed by atoms with Crippen LogP contribution in [0, 0.1) is 11.3 Å². The minimum Gasteiger partial charge on any atom is -0.478 e. The molecule has 1 aromatic heterocycles. The van der Waals surface area contributed by atoms with Crippen LogP contribution in [0.2, 0.25) is 0 Å². The molecule has 0 unspecified atom stereocenters. The van der Waals surface area contributed by atoms with E-state index in [9.17, 15) is 9.59 Å². The van der Waals surface area contributed by atoms with Crippen LogP contribution >= 0.6 is 0 Å². The number of aromatic nitrogens is 1. The van der Waals surface area contributed by atoms with Crippen LogP contribution in [0.5, 0.6) is 0 Å². The van der Waals surface area contributed by atoms with E-state index in [1.165, 1.54) is 6.07 Å². The predicted molar refractivity (Wildman–Crippen MR) is 43.1 cm³/mol. The Balaban J connectivity index is 3.66. The standard InChI is InChI=1S/C7H5N3O3/c8-1-3-5(7(12)13)4(9)2-10-6(3)11/h2H,9H2,(H,10,11)(H,12,13). The zero-order valence-electron chi connectivity index (χ0n) is 6.37. The van der Waals surface area contributed by atoms with Crippen LogP contribution in [0.25, 0.3) is 0 Å². The van der Waals surface area contributed by atoms with Crippen molar-refractivity contribution in [3.05, 3.63) is 27.7 Å². The van der Waals surface area contributed by atoms with Crippen LogP contribution < -0.4 is 11.3 Å².